The Kier molecular flexibility index (Phi) is 5.44. The molecule has 1 aromatic rings. The number of carboxylic acid groups (broad SMARTS) is 1. The quantitative estimate of drug-likeness (QED) is 0.809. The van der Waals surface area contributed by atoms with Gasteiger partial charge in [-0.1, -0.05) is 6.07 Å². The molecule has 0 aliphatic carbocycles. The molecule has 0 saturated carbocycles. The number of ether oxygens (including phenoxy) is 1. The Morgan fingerprint density at radius 1 is 1.45 bits per heavy atom. The summed E-state index contributed by atoms with van der Waals surface area (Å²) in [4.78, 5) is 11.3. The van der Waals surface area contributed by atoms with E-state index in [0.29, 0.717) is 0 Å². The molecule has 1 atom stereocenters. The number of hydrogen-bond acceptors (Lipinski definition) is 3. The van der Waals surface area contributed by atoms with Crippen LogP contribution in [-0.2, 0) is 4.79 Å². The molecule has 0 spiro atoms. The van der Waals surface area contributed by atoms with Crippen molar-refractivity contribution in [3.8, 4) is 5.75 Å². The first-order valence-corrected chi connectivity index (χ1v) is 6.34. The minimum atomic E-state index is -1.18. The minimum absolute atomic E-state index is 0.0259. The molecule has 0 radical (unpaired) electrons. The lowest BCUT2D eigenvalue weighted by molar-refractivity contribution is -0.145. The van der Waals surface area contributed by atoms with Crippen LogP contribution in [0.15, 0.2) is 18.2 Å². The monoisotopic (exact) mass is 287 g/mol. The zero-order valence-corrected chi connectivity index (χ0v) is 11.7. The van der Waals surface area contributed by atoms with Crippen LogP contribution in [0.4, 0.5) is 8.78 Å². The van der Waals surface area contributed by atoms with E-state index in [2.05, 4.69) is 5.32 Å². The highest BCUT2D eigenvalue weighted by atomic mass is 19.2. The summed E-state index contributed by atoms with van der Waals surface area (Å²) in [5, 5.41) is 12.1. The number of halogens is 2. The maximum absolute atomic E-state index is 13.4. The van der Waals surface area contributed by atoms with Crippen molar-refractivity contribution in [2.24, 2.45) is 0 Å². The van der Waals surface area contributed by atoms with Gasteiger partial charge < -0.3 is 9.84 Å². The molecule has 0 aliphatic rings. The van der Waals surface area contributed by atoms with E-state index >= 15 is 0 Å². The van der Waals surface area contributed by atoms with Gasteiger partial charge in [0, 0.05) is 12.5 Å². The van der Waals surface area contributed by atoms with Gasteiger partial charge in [0.1, 0.15) is 5.54 Å². The van der Waals surface area contributed by atoms with E-state index in [-0.39, 0.29) is 24.8 Å². The molecule has 0 aromatic heterocycles. The lowest BCUT2D eigenvalue weighted by atomic mass is 9.97. The van der Waals surface area contributed by atoms with E-state index in [9.17, 15) is 18.7 Å². The highest BCUT2D eigenvalue weighted by Crippen LogP contribution is 2.20. The summed E-state index contributed by atoms with van der Waals surface area (Å²) in [7, 11) is 0. The van der Waals surface area contributed by atoms with Crippen molar-refractivity contribution in [2.45, 2.75) is 38.8 Å². The third-order valence-electron chi connectivity index (χ3n) is 2.86. The Labute approximate surface area is 116 Å². The van der Waals surface area contributed by atoms with Gasteiger partial charge >= 0.3 is 5.97 Å². The lowest BCUT2D eigenvalue weighted by Crippen LogP contribution is -2.53. The molecule has 2 N–H and O–H groups in total. The molecule has 1 rings (SSSR count). The molecule has 6 heteroatoms. The largest absolute Gasteiger partial charge is 0.490 e. The Hall–Kier alpha value is -1.69. The highest BCUT2D eigenvalue weighted by molar-refractivity contribution is 5.78. The Morgan fingerprint density at radius 2 is 2.10 bits per heavy atom. The summed E-state index contributed by atoms with van der Waals surface area (Å²) < 4.78 is 31.5. The molecule has 20 heavy (non-hydrogen) atoms. The fourth-order valence-electron chi connectivity index (χ4n) is 1.84. The Morgan fingerprint density at radius 3 is 2.65 bits per heavy atom. The van der Waals surface area contributed by atoms with Gasteiger partial charge in [-0.25, -0.2) is 4.39 Å². The van der Waals surface area contributed by atoms with Crippen molar-refractivity contribution in [1.29, 1.82) is 0 Å². The number of nitrogens with one attached hydrogen (secondary N) is 1. The molecule has 0 amide bonds. The third kappa shape index (κ3) is 4.16. The zero-order valence-electron chi connectivity index (χ0n) is 11.7. The first-order valence-electron chi connectivity index (χ1n) is 6.34. The molecule has 0 heterocycles. The van der Waals surface area contributed by atoms with Crippen LogP contribution in [0.2, 0.25) is 0 Å². The van der Waals surface area contributed by atoms with Gasteiger partial charge in [0.25, 0.3) is 0 Å². The standard InChI is InChI=1S/C14H19F2NO3/c1-9(2)17-14(3,13(18)19)7-8-20-11-6-4-5-10(15)12(11)16/h4-6,9,17H,7-8H2,1-3H3,(H,18,19). The molecule has 0 fully saturated rings. The molecule has 0 bridgehead atoms. The number of carboxylic acids is 1. The first-order chi connectivity index (χ1) is 9.26. The van der Waals surface area contributed by atoms with Crippen molar-refractivity contribution in [3.05, 3.63) is 29.8 Å². The van der Waals surface area contributed by atoms with Gasteiger partial charge in [-0.3, -0.25) is 10.1 Å². The summed E-state index contributed by atoms with van der Waals surface area (Å²) in [6.07, 6.45) is 0.121. The molecular weight excluding hydrogens is 268 g/mol. The molecule has 0 aliphatic heterocycles. The van der Waals surface area contributed by atoms with E-state index < -0.39 is 23.1 Å². The molecule has 4 nitrogen and oxygen atoms in total. The van der Waals surface area contributed by atoms with Crippen LogP contribution in [0, 0.1) is 11.6 Å². The maximum atomic E-state index is 13.4. The van der Waals surface area contributed by atoms with E-state index in [1.807, 2.05) is 13.8 Å². The van der Waals surface area contributed by atoms with E-state index in [1.165, 1.54) is 19.1 Å². The van der Waals surface area contributed by atoms with Crippen molar-refractivity contribution < 1.29 is 23.4 Å². The second-order valence-electron chi connectivity index (χ2n) is 5.09. The average molecular weight is 287 g/mol. The lowest BCUT2D eigenvalue weighted by Gasteiger charge is -2.28. The van der Waals surface area contributed by atoms with E-state index in [4.69, 9.17) is 4.74 Å². The Bertz CT molecular complexity index is 479. The van der Waals surface area contributed by atoms with E-state index in [0.717, 1.165) is 6.07 Å². The average Bonchev–Trinajstić information content (AvgIpc) is 2.33. The summed E-state index contributed by atoms with van der Waals surface area (Å²) in [6, 6.07) is 3.59. The number of rotatable bonds is 7. The van der Waals surface area contributed by atoms with Gasteiger partial charge in [-0.05, 0) is 32.9 Å². The smallest absolute Gasteiger partial charge is 0.323 e. The second kappa shape index (κ2) is 6.65. The predicted molar refractivity (Wildman–Crippen MR) is 70.8 cm³/mol. The molecule has 1 unspecified atom stereocenters. The van der Waals surface area contributed by atoms with Gasteiger partial charge in [-0.15, -0.1) is 0 Å². The van der Waals surface area contributed by atoms with Crippen LogP contribution in [-0.4, -0.2) is 29.3 Å². The SMILES string of the molecule is CC(C)NC(C)(CCOc1cccc(F)c1F)C(=O)O. The number of carbonyl (C=O) groups is 1. The van der Waals surface area contributed by atoms with Crippen LogP contribution < -0.4 is 10.1 Å². The van der Waals surface area contributed by atoms with E-state index in [1.54, 1.807) is 0 Å². The van der Waals surface area contributed by atoms with Crippen LogP contribution in [0.1, 0.15) is 27.2 Å². The summed E-state index contributed by atoms with van der Waals surface area (Å²) in [6.45, 7) is 5.14. The van der Waals surface area contributed by atoms with Crippen LogP contribution in [0.25, 0.3) is 0 Å². The molecule has 112 valence electrons. The van der Waals surface area contributed by atoms with Crippen molar-refractivity contribution in [3.63, 3.8) is 0 Å². The minimum Gasteiger partial charge on any atom is -0.490 e. The molecular formula is C14H19F2NO3. The van der Waals surface area contributed by atoms with Crippen LogP contribution >= 0.6 is 0 Å². The summed E-state index contributed by atoms with van der Waals surface area (Å²) in [5.41, 5.74) is -1.18. The van der Waals surface area contributed by atoms with Gasteiger partial charge in [0.2, 0.25) is 5.82 Å². The van der Waals surface area contributed by atoms with Crippen LogP contribution in [0.3, 0.4) is 0 Å². The van der Waals surface area contributed by atoms with Crippen molar-refractivity contribution >= 4 is 5.97 Å². The highest BCUT2D eigenvalue weighted by Gasteiger charge is 2.33. The number of aliphatic carboxylic acids is 1. The van der Waals surface area contributed by atoms with Gasteiger partial charge in [0.15, 0.2) is 11.6 Å². The molecule has 0 saturated heterocycles. The van der Waals surface area contributed by atoms with Gasteiger partial charge in [0.05, 0.1) is 6.61 Å². The fourth-order valence-corrected chi connectivity index (χ4v) is 1.84. The van der Waals surface area contributed by atoms with Crippen LogP contribution in [0.5, 0.6) is 5.75 Å². The predicted octanol–water partition coefficient (Wildman–Crippen LogP) is 2.58. The summed E-state index contributed by atoms with van der Waals surface area (Å²) >= 11 is 0. The first kappa shape index (κ1) is 16.4. The third-order valence-corrected chi connectivity index (χ3v) is 2.86. The summed E-state index contributed by atoms with van der Waals surface area (Å²) in [5.74, 6) is -3.30. The second-order valence-corrected chi connectivity index (χ2v) is 5.09. The zero-order chi connectivity index (χ0) is 15.3. The normalized spacial score (nSPS) is 14.1. The number of benzene rings is 1. The Balaban J connectivity index is 2.65. The van der Waals surface area contributed by atoms with Crippen molar-refractivity contribution in [1.82, 2.24) is 5.32 Å². The molecule has 1 aromatic carbocycles. The maximum Gasteiger partial charge on any atom is 0.323 e. The fraction of sp³-hybridized carbons (Fsp3) is 0.500. The van der Waals surface area contributed by atoms with Crippen molar-refractivity contribution in [2.75, 3.05) is 6.61 Å². The van der Waals surface area contributed by atoms with Gasteiger partial charge in [-0.2, -0.15) is 4.39 Å². The number of hydrogen-bond donors (Lipinski definition) is 2. The topological polar surface area (TPSA) is 58.6 Å².